The fraction of sp³-hybridized carbons (Fsp3) is 0.261. The molecule has 2 aromatic carbocycles. The van der Waals surface area contributed by atoms with Crippen LogP contribution >= 0.6 is 11.6 Å². The number of aryl methyl sites for hydroxylation is 1. The van der Waals surface area contributed by atoms with Gasteiger partial charge in [-0.2, -0.15) is 5.10 Å². The Labute approximate surface area is 216 Å². The fourth-order valence-electron chi connectivity index (χ4n) is 3.64. The van der Waals surface area contributed by atoms with Gasteiger partial charge in [0.2, 0.25) is 0 Å². The number of hydrogen-bond donors (Lipinski definition) is 3. The minimum atomic E-state index is -4.25. The van der Waals surface area contributed by atoms with Crippen molar-refractivity contribution in [3.8, 4) is 11.4 Å². The number of hydrogen-bond acceptors (Lipinski definition) is 7. The number of rotatable bonds is 9. The third-order valence-electron chi connectivity index (χ3n) is 5.23. The van der Waals surface area contributed by atoms with Gasteiger partial charge >= 0.3 is 0 Å². The van der Waals surface area contributed by atoms with Gasteiger partial charge in [-0.25, -0.2) is 31.6 Å². The number of nitrogens with zero attached hydrogens (tertiary/aromatic N) is 4. The van der Waals surface area contributed by atoms with Crippen LogP contribution in [0.15, 0.2) is 47.4 Å². The maximum Gasteiger partial charge on any atom is 0.277 e. The van der Waals surface area contributed by atoms with E-state index in [1.807, 2.05) is 0 Å². The monoisotopic (exact) mass is 553 g/mol. The van der Waals surface area contributed by atoms with Crippen molar-refractivity contribution in [1.82, 2.24) is 25.1 Å². The van der Waals surface area contributed by atoms with Crippen LogP contribution < -0.4 is 10.0 Å². The number of halogens is 4. The Morgan fingerprint density at radius 1 is 1.11 bits per heavy atom. The van der Waals surface area contributed by atoms with E-state index < -0.39 is 39.7 Å². The summed E-state index contributed by atoms with van der Waals surface area (Å²) in [6.45, 7) is 0.634. The molecule has 0 atom stereocenters. The molecular formula is C23H23ClF3N7O2S. The van der Waals surface area contributed by atoms with Crippen LogP contribution in [-0.2, 0) is 10.0 Å². The van der Waals surface area contributed by atoms with Crippen molar-refractivity contribution in [2.45, 2.75) is 17.7 Å². The summed E-state index contributed by atoms with van der Waals surface area (Å²) in [6.07, 6.45) is 0. The molecule has 3 N–H and O–H groups in total. The van der Waals surface area contributed by atoms with Gasteiger partial charge in [-0.05, 0) is 63.5 Å². The number of benzene rings is 2. The molecule has 37 heavy (non-hydrogen) atoms. The minimum absolute atomic E-state index is 0.0714. The van der Waals surface area contributed by atoms with E-state index >= 15 is 0 Å². The first kappa shape index (κ1) is 26.6. The Kier molecular flexibility index (Phi) is 7.31. The molecular weight excluding hydrogens is 531 g/mol. The molecule has 196 valence electrons. The van der Waals surface area contributed by atoms with Crippen LogP contribution in [0.2, 0.25) is 5.02 Å². The van der Waals surface area contributed by atoms with Crippen LogP contribution in [0.1, 0.15) is 5.69 Å². The fourth-order valence-corrected chi connectivity index (χ4v) is 5.04. The second kappa shape index (κ2) is 10.1. The van der Waals surface area contributed by atoms with E-state index in [-0.39, 0.29) is 28.0 Å². The molecule has 0 fully saturated rings. The molecule has 0 aliphatic rings. The molecule has 0 radical (unpaired) electrons. The topological polar surface area (TPSA) is 116 Å². The summed E-state index contributed by atoms with van der Waals surface area (Å²) in [7, 11) is -1.13. The van der Waals surface area contributed by atoms with E-state index in [4.69, 9.17) is 11.6 Å². The van der Waals surface area contributed by atoms with E-state index in [9.17, 15) is 21.6 Å². The Hall–Kier alpha value is -3.42. The number of alkyl halides is 2. The van der Waals surface area contributed by atoms with Crippen molar-refractivity contribution < 1.29 is 21.6 Å². The SMILES string of the molecule is Cc1[nH]nc2nc(-c3ccc(NS(=O)(=O)c4cc(Cl)ccc4F)cc3)nc(NCC(F)(F)CN(C)C)c12. The molecule has 0 spiro atoms. The quantitative estimate of drug-likeness (QED) is 0.279. The standard InChI is InChI=1S/C23H23ClF3N7O2S/c1-13-19-21(28-11-23(26,27)12-34(2)3)29-20(30-22(19)32-31-13)14-4-7-16(8-5-14)33-37(35,36)18-10-15(24)6-9-17(18)25/h4-10,33H,11-12H2,1-3H3,(H2,28,29,30,31,32). The van der Waals surface area contributed by atoms with Gasteiger partial charge < -0.3 is 10.2 Å². The maximum absolute atomic E-state index is 14.3. The van der Waals surface area contributed by atoms with Crippen LogP contribution in [0.25, 0.3) is 22.4 Å². The largest absolute Gasteiger partial charge is 0.363 e. The number of aromatic amines is 1. The van der Waals surface area contributed by atoms with E-state index in [1.54, 1.807) is 21.0 Å². The number of anilines is 2. The summed E-state index contributed by atoms with van der Waals surface area (Å²) in [5, 5.41) is 10.2. The van der Waals surface area contributed by atoms with E-state index in [1.165, 1.54) is 35.2 Å². The first-order valence-electron chi connectivity index (χ1n) is 10.9. The van der Waals surface area contributed by atoms with E-state index in [0.717, 1.165) is 12.1 Å². The normalized spacial score (nSPS) is 12.3. The summed E-state index contributed by atoms with van der Waals surface area (Å²) >= 11 is 5.81. The molecule has 0 saturated heterocycles. The van der Waals surface area contributed by atoms with Crippen molar-refractivity contribution in [3.63, 3.8) is 0 Å². The molecule has 2 aromatic heterocycles. The molecule has 0 bridgehead atoms. The van der Waals surface area contributed by atoms with E-state index in [2.05, 4.69) is 30.2 Å². The van der Waals surface area contributed by atoms with Gasteiger partial charge in [0.05, 0.1) is 18.5 Å². The summed E-state index contributed by atoms with van der Waals surface area (Å²) < 4.78 is 70.2. The average Bonchev–Trinajstić information content (AvgIpc) is 3.19. The third-order valence-corrected chi connectivity index (χ3v) is 6.87. The molecule has 0 saturated carbocycles. The van der Waals surface area contributed by atoms with Gasteiger partial charge in [0, 0.05) is 22.0 Å². The number of sulfonamides is 1. The lowest BCUT2D eigenvalue weighted by Gasteiger charge is -2.21. The third kappa shape index (κ3) is 6.12. The van der Waals surface area contributed by atoms with Gasteiger partial charge in [0.25, 0.3) is 15.9 Å². The molecule has 4 aromatic rings. The van der Waals surface area contributed by atoms with Crippen LogP contribution in [0, 0.1) is 12.7 Å². The van der Waals surface area contributed by atoms with Crippen molar-refractivity contribution in [2.24, 2.45) is 0 Å². The van der Waals surface area contributed by atoms with Crippen molar-refractivity contribution >= 4 is 44.2 Å². The Morgan fingerprint density at radius 2 is 1.81 bits per heavy atom. The van der Waals surface area contributed by atoms with Gasteiger partial charge in [-0.3, -0.25) is 9.82 Å². The van der Waals surface area contributed by atoms with Gasteiger partial charge in [-0.15, -0.1) is 0 Å². The molecule has 0 aliphatic heterocycles. The van der Waals surface area contributed by atoms with Gasteiger partial charge in [-0.1, -0.05) is 11.6 Å². The zero-order valence-corrected chi connectivity index (χ0v) is 21.6. The molecule has 14 heteroatoms. The first-order chi connectivity index (χ1) is 17.3. The van der Waals surface area contributed by atoms with E-state index in [0.29, 0.717) is 16.6 Å². The van der Waals surface area contributed by atoms with Gasteiger partial charge in [0.1, 0.15) is 16.5 Å². The number of nitrogens with one attached hydrogen (secondary N) is 3. The maximum atomic E-state index is 14.3. The lowest BCUT2D eigenvalue weighted by Crippen LogP contribution is -2.38. The first-order valence-corrected chi connectivity index (χ1v) is 12.8. The van der Waals surface area contributed by atoms with Crippen LogP contribution in [0.3, 0.4) is 0 Å². The van der Waals surface area contributed by atoms with Crippen LogP contribution in [-0.4, -0.2) is 66.6 Å². The second-order valence-corrected chi connectivity index (χ2v) is 10.7. The highest BCUT2D eigenvalue weighted by Crippen LogP contribution is 2.29. The molecule has 0 aliphatic carbocycles. The smallest absolute Gasteiger partial charge is 0.277 e. The lowest BCUT2D eigenvalue weighted by molar-refractivity contribution is -0.00806. The minimum Gasteiger partial charge on any atom is -0.363 e. The summed E-state index contributed by atoms with van der Waals surface area (Å²) in [6, 6.07) is 9.18. The predicted molar refractivity (Wildman–Crippen MR) is 136 cm³/mol. The van der Waals surface area contributed by atoms with Crippen molar-refractivity contribution in [3.05, 3.63) is 59.0 Å². The molecule has 2 heterocycles. The molecule has 9 nitrogen and oxygen atoms in total. The Balaban J connectivity index is 1.61. The summed E-state index contributed by atoms with van der Waals surface area (Å²) in [4.78, 5) is 9.63. The molecule has 4 rings (SSSR count). The van der Waals surface area contributed by atoms with Crippen molar-refractivity contribution in [2.75, 3.05) is 37.2 Å². The highest BCUT2D eigenvalue weighted by molar-refractivity contribution is 7.92. The van der Waals surface area contributed by atoms with Gasteiger partial charge in [0.15, 0.2) is 11.5 Å². The predicted octanol–water partition coefficient (Wildman–Crippen LogP) is 4.53. The van der Waals surface area contributed by atoms with Crippen LogP contribution in [0.5, 0.6) is 0 Å². The number of fused-ring (bicyclic) bond motifs is 1. The van der Waals surface area contributed by atoms with Crippen LogP contribution in [0.4, 0.5) is 24.7 Å². The highest BCUT2D eigenvalue weighted by atomic mass is 35.5. The lowest BCUT2D eigenvalue weighted by atomic mass is 10.2. The zero-order valence-electron chi connectivity index (χ0n) is 20.0. The highest BCUT2D eigenvalue weighted by Gasteiger charge is 2.30. The molecule has 0 unspecified atom stereocenters. The average molecular weight is 554 g/mol. The Bertz CT molecular complexity index is 1540. The van der Waals surface area contributed by atoms with Crippen molar-refractivity contribution in [1.29, 1.82) is 0 Å². The second-order valence-electron chi connectivity index (χ2n) is 8.65. The number of H-pyrrole nitrogens is 1. The summed E-state index contributed by atoms with van der Waals surface area (Å²) in [5.74, 6) is -3.58. The Morgan fingerprint density at radius 3 is 2.49 bits per heavy atom. The summed E-state index contributed by atoms with van der Waals surface area (Å²) in [5.41, 5.74) is 1.52. The number of aromatic nitrogens is 4. The molecule has 0 amide bonds. The zero-order chi connectivity index (χ0) is 27.0.